The normalized spacial score (nSPS) is 10.7. The van der Waals surface area contributed by atoms with Crippen molar-refractivity contribution in [2.75, 3.05) is 21.3 Å². The average Bonchev–Trinajstić information content (AvgIpc) is 2.84. The van der Waals surface area contributed by atoms with Crippen LogP contribution < -0.4 is 15.0 Å². The van der Waals surface area contributed by atoms with Crippen molar-refractivity contribution >= 4 is 16.7 Å². The monoisotopic (exact) mass is 429 g/mol. The first kappa shape index (κ1) is 21.1. The number of ether oxygens (including phenoxy) is 2. The van der Waals surface area contributed by atoms with Crippen LogP contribution in [-0.2, 0) is 6.54 Å². The van der Waals surface area contributed by atoms with E-state index in [9.17, 15) is 9.59 Å². The van der Waals surface area contributed by atoms with Gasteiger partial charge in [0, 0.05) is 30.6 Å². The van der Waals surface area contributed by atoms with Crippen LogP contribution >= 0.6 is 0 Å². The van der Waals surface area contributed by atoms with Crippen molar-refractivity contribution in [3.63, 3.8) is 0 Å². The molecular formula is C25H23N3O4. The number of nitrogens with zero attached hydrogens (tertiary/aromatic N) is 3. The van der Waals surface area contributed by atoms with Gasteiger partial charge in [-0.3, -0.25) is 9.59 Å². The highest BCUT2D eigenvalue weighted by Crippen LogP contribution is 2.26. The smallest absolute Gasteiger partial charge is 0.279 e. The number of rotatable bonds is 6. The molecule has 7 nitrogen and oxygen atoms in total. The van der Waals surface area contributed by atoms with Crippen LogP contribution in [0.1, 0.15) is 16.1 Å². The molecule has 0 unspecified atom stereocenters. The van der Waals surface area contributed by atoms with Crippen molar-refractivity contribution < 1.29 is 14.3 Å². The Hall–Kier alpha value is -4.13. The van der Waals surface area contributed by atoms with E-state index in [0.717, 1.165) is 5.56 Å². The number of fused-ring (bicyclic) bond motifs is 1. The minimum atomic E-state index is -0.302. The molecule has 1 amide bonds. The third kappa shape index (κ3) is 3.92. The van der Waals surface area contributed by atoms with Gasteiger partial charge >= 0.3 is 0 Å². The van der Waals surface area contributed by atoms with E-state index in [1.165, 1.54) is 4.68 Å². The van der Waals surface area contributed by atoms with Gasteiger partial charge < -0.3 is 14.4 Å². The summed E-state index contributed by atoms with van der Waals surface area (Å²) < 4.78 is 12.0. The van der Waals surface area contributed by atoms with Gasteiger partial charge in [0.25, 0.3) is 11.5 Å². The average molecular weight is 429 g/mol. The Morgan fingerprint density at radius 2 is 1.62 bits per heavy atom. The van der Waals surface area contributed by atoms with Crippen LogP contribution in [0.25, 0.3) is 16.5 Å². The Morgan fingerprint density at radius 3 is 2.31 bits per heavy atom. The van der Waals surface area contributed by atoms with Crippen LogP contribution in [0.3, 0.4) is 0 Å². The van der Waals surface area contributed by atoms with Crippen LogP contribution in [0.4, 0.5) is 0 Å². The number of methoxy groups -OCH3 is 2. The lowest BCUT2D eigenvalue weighted by molar-refractivity contribution is 0.0778. The molecule has 1 aromatic heterocycles. The van der Waals surface area contributed by atoms with Crippen molar-refractivity contribution in [2.45, 2.75) is 6.54 Å². The minimum Gasteiger partial charge on any atom is -0.497 e. The molecule has 0 saturated carbocycles. The molecule has 4 rings (SSSR count). The fraction of sp³-hybridized carbons (Fsp3) is 0.160. The van der Waals surface area contributed by atoms with Crippen molar-refractivity contribution in [1.29, 1.82) is 0 Å². The summed E-state index contributed by atoms with van der Waals surface area (Å²) in [6.45, 7) is 0.298. The zero-order chi connectivity index (χ0) is 22.7. The van der Waals surface area contributed by atoms with Crippen molar-refractivity contribution in [3.8, 4) is 17.2 Å². The number of para-hydroxylation sites is 1. The van der Waals surface area contributed by atoms with E-state index in [2.05, 4.69) is 5.10 Å². The number of aromatic nitrogens is 2. The molecule has 162 valence electrons. The van der Waals surface area contributed by atoms with Gasteiger partial charge in [-0.25, -0.2) is 0 Å². The number of carbonyl (C=O) groups excluding carboxylic acids is 1. The van der Waals surface area contributed by atoms with E-state index in [0.29, 0.717) is 34.5 Å². The first-order valence-electron chi connectivity index (χ1n) is 10.1. The number of hydrogen-bond donors (Lipinski definition) is 0. The number of hydrogen-bond acceptors (Lipinski definition) is 5. The molecule has 3 aromatic carbocycles. The molecule has 0 radical (unpaired) electrons. The molecule has 4 aromatic rings. The Balaban J connectivity index is 1.77. The van der Waals surface area contributed by atoms with E-state index >= 15 is 0 Å². The Bertz CT molecular complexity index is 1330. The van der Waals surface area contributed by atoms with Gasteiger partial charge in [0.05, 0.1) is 25.3 Å². The molecular weight excluding hydrogens is 406 g/mol. The lowest BCUT2D eigenvalue weighted by Gasteiger charge is -2.20. The maximum Gasteiger partial charge on any atom is 0.279 e. The van der Waals surface area contributed by atoms with Crippen LogP contribution in [0.5, 0.6) is 11.5 Å². The molecule has 0 aliphatic carbocycles. The second kappa shape index (κ2) is 8.93. The highest BCUT2D eigenvalue weighted by atomic mass is 16.5. The van der Waals surface area contributed by atoms with Crippen LogP contribution in [0, 0.1) is 0 Å². The highest BCUT2D eigenvalue weighted by molar-refractivity contribution is 6.04. The summed E-state index contributed by atoms with van der Waals surface area (Å²) >= 11 is 0. The number of benzene rings is 3. The third-order valence-electron chi connectivity index (χ3n) is 5.26. The Kier molecular flexibility index (Phi) is 5.89. The lowest BCUT2D eigenvalue weighted by atomic mass is 10.1. The summed E-state index contributed by atoms with van der Waals surface area (Å²) in [4.78, 5) is 28.1. The predicted molar refractivity (Wildman–Crippen MR) is 123 cm³/mol. The molecule has 32 heavy (non-hydrogen) atoms. The van der Waals surface area contributed by atoms with Gasteiger partial charge in [0.2, 0.25) is 0 Å². The molecule has 0 aliphatic heterocycles. The van der Waals surface area contributed by atoms with Crippen molar-refractivity contribution in [3.05, 3.63) is 94.4 Å². The summed E-state index contributed by atoms with van der Waals surface area (Å²) in [6, 6.07) is 21.5. The highest BCUT2D eigenvalue weighted by Gasteiger charge is 2.21. The van der Waals surface area contributed by atoms with Crippen molar-refractivity contribution in [2.24, 2.45) is 0 Å². The summed E-state index contributed by atoms with van der Waals surface area (Å²) in [5, 5.41) is 5.42. The summed E-state index contributed by atoms with van der Waals surface area (Å²) in [5.41, 5.74) is 1.35. The van der Waals surface area contributed by atoms with Crippen LogP contribution in [-0.4, -0.2) is 41.9 Å². The standard InChI is InChI=1S/C25H23N3O4/c1-27(16-17-13-14-19(31-2)15-22(17)32-3)25(30)23-20-11-7-8-12-21(20)24(29)28(26-23)18-9-5-4-6-10-18/h4-15H,16H2,1-3H3. The van der Waals surface area contributed by atoms with E-state index in [-0.39, 0.29) is 17.2 Å². The zero-order valence-electron chi connectivity index (χ0n) is 18.1. The molecule has 0 spiro atoms. The van der Waals surface area contributed by atoms with Gasteiger partial charge in [0.15, 0.2) is 5.69 Å². The number of carbonyl (C=O) groups is 1. The number of amides is 1. The molecule has 0 bridgehead atoms. The Labute approximate surface area is 185 Å². The zero-order valence-corrected chi connectivity index (χ0v) is 18.1. The molecule has 0 aliphatic rings. The Morgan fingerprint density at radius 1 is 0.938 bits per heavy atom. The fourth-order valence-electron chi connectivity index (χ4n) is 3.58. The molecule has 7 heteroatoms. The molecule has 0 N–H and O–H groups in total. The van der Waals surface area contributed by atoms with E-state index in [1.54, 1.807) is 68.6 Å². The maximum atomic E-state index is 13.5. The predicted octanol–water partition coefficient (Wildman–Crippen LogP) is 3.68. The SMILES string of the molecule is COc1ccc(CN(C)C(=O)c2nn(-c3ccccc3)c(=O)c3ccccc23)c(OC)c1. The second-order valence-electron chi connectivity index (χ2n) is 7.29. The second-order valence-corrected chi connectivity index (χ2v) is 7.29. The quantitative estimate of drug-likeness (QED) is 0.468. The van der Waals surface area contributed by atoms with Gasteiger partial charge in [-0.1, -0.05) is 36.4 Å². The summed E-state index contributed by atoms with van der Waals surface area (Å²) in [7, 11) is 4.86. The molecule has 0 fully saturated rings. The van der Waals surface area contributed by atoms with Crippen LogP contribution in [0.2, 0.25) is 0 Å². The molecule has 0 saturated heterocycles. The first-order chi connectivity index (χ1) is 15.5. The fourth-order valence-corrected chi connectivity index (χ4v) is 3.58. The van der Waals surface area contributed by atoms with Gasteiger partial charge in [0.1, 0.15) is 11.5 Å². The van der Waals surface area contributed by atoms with Gasteiger partial charge in [-0.05, 0) is 30.3 Å². The van der Waals surface area contributed by atoms with Gasteiger partial charge in [-0.15, -0.1) is 0 Å². The maximum absolute atomic E-state index is 13.5. The van der Waals surface area contributed by atoms with Crippen LogP contribution in [0.15, 0.2) is 77.6 Å². The summed E-state index contributed by atoms with van der Waals surface area (Å²) in [5.74, 6) is 0.988. The van der Waals surface area contributed by atoms with Crippen molar-refractivity contribution in [1.82, 2.24) is 14.7 Å². The first-order valence-corrected chi connectivity index (χ1v) is 10.1. The third-order valence-corrected chi connectivity index (χ3v) is 5.26. The lowest BCUT2D eigenvalue weighted by Crippen LogP contribution is -2.31. The molecule has 1 heterocycles. The largest absolute Gasteiger partial charge is 0.497 e. The summed E-state index contributed by atoms with van der Waals surface area (Å²) in [6.07, 6.45) is 0. The van der Waals surface area contributed by atoms with Gasteiger partial charge in [-0.2, -0.15) is 9.78 Å². The topological polar surface area (TPSA) is 73.7 Å². The molecule has 0 atom stereocenters. The van der Waals surface area contributed by atoms with E-state index in [1.807, 2.05) is 30.3 Å². The van der Waals surface area contributed by atoms with E-state index in [4.69, 9.17) is 9.47 Å². The minimum absolute atomic E-state index is 0.207. The van der Waals surface area contributed by atoms with E-state index < -0.39 is 0 Å².